The molecule has 2 aliphatic rings. The fraction of sp³-hybridized carbons (Fsp3) is 0.643. The van der Waals surface area contributed by atoms with Crippen molar-refractivity contribution in [2.75, 3.05) is 31.1 Å². The number of rotatable bonds is 3. The molecule has 1 aromatic rings. The molecule has 98 valence electrons. The van der Waals surface area contributed by atoms with Crippen molar-refractivity contribution in [2.24, 2.45) is 0 Å². The minimum Gasteiger partial charge on any atom is -0.349 e. The second-order valence-electron chi connectivity index (χ2n) is 5.10. The van der Waals surface area contributed by atoms with Crippen LogP contribution in [0.15, 0.2) is 12.3 Å². The van der Waals surface area contributed by atoms with E-state index in [1.165, 1.54) is 30.3 Å². The summed E-state index contributed by atoms with van der Waals surface area (Å²) in [5.74, 6) is 2.87. The molecule has 4 heteroatoms. The topological polar surface area (TPSA) is 25.2 Å². The van der Waals surface area contributed by atoms with Gasteiger partial charge in [-0.25, -0.2) is 0 Å². The summed E-state index contributed by atoms with van der Waals surface area (Å²) in [6.45, 7) is 4.59. The van der Waals surface area contributed by atoms with Crippen LogP contribution in [0.2, 0.25) is 0 Å². The zero-order chi connectivity index (χ0) is 12.4. The summed E-state index contributed by atoms with van der Waals surface area (Å²) in [4.78, 5) is 14.3. The van der Waals surface area contributed by atoms with Crippen LogP contribution in [-0.4, -0.2) is 46.4 Å². The molecule has 0 amide bonds. The molecule has 1 aromatic heterocycles. The van der Waals surface area contributed by atoms with Crippen molar-refractivity contribution < 1.29 is 4.79 Å². The Labute approximate surface area is 113 Å². The molecule has 0 radical (unpaired) electrons. The number of Topliss-reactive ketones (excluding diaryl/α,β-unsaturated/α-hetero) is 1. The Morgan fingerprint density at radius 2 is 2.00 bits per heavy atom. The Hall–Kier alpha value is -0.740. The number of carbonyl (C=O) groups excluding carboxylic acids is 1. The molecule has 1 fully saturated rings. The lowest BCUT2D eigenvalue weighted by atomic mass is 9.97. The third-order valence-corrected chi connectivity index (χ3v) is 4.90. The Balaban J connectivity index is 1.64. The molecule has 3 nitrogen and oxygen atoms in total. The van der Waals surface area contributed by atoms with Crippen LogP contribution in [-0.2, 0) is 13.0 Å². The van der Waals surface area contributed by atoms with Crippen LogP contribution < -0.4 is 0 Å². The van der Waals surface area contributed by atoms with Gasteiger partial charge in [-0.3, -0.25) is 9.69 Å². The van der Waals surface area contributed by atoms with Crippen LogP contribution in [0, 0.1) is 0 Å². The highest BCUT2D eigenvalue weighted by Crippen LogP contribution is 2.22. The van der Waals surface area contributed by atoms with Gasteiger partial charge >= 0.3 is 0 Å². The number of ketones is 1. The van der Waals surface area contributed by atoms with E-state index in [2.05, 4.69) is 27.4 Å². The molecule has 0 unspecified atom stereocenters. The van der Waals surface area contributed by atoms with E-state index in [1.807, 2.05) is 6.07 Å². The molecule has 18 heavy (non-hydrogen) atoms. The average Bonchev–Trinajstić information content (AvgIpc) is 2.82. The fourth-order valence-electron chi connectivity index (χ4n) is 2.87. The lowest BCUT2D eigenvalue weighted by Crippen LogP contribution is -2.35. The molecule has 1 aliphatic carbocycles. The highest BCUT2D eigenvalue weighted by atomic mass is 32.2. The maximum atomic E-state index is 11.8. The summed E-state index contributed by atoms with van der Waals surface area (Å²) in [6, 6.07) is 2.02. The molecule has 0 spiro atoms. The SMILES string of the molecule is O=C1CCCc2c1ccn2CCN1CCSCC1. The molecular weight excluding hydrogens is 244 g/mol. The van der Waals surface area contributed by atoms with E-state index in [9.17, 15) is 4.79 Å². The van der Waals surface area contributed by atoms with E-state index < -0.39 is 0 Å². The van der Waals surface area contributed by atoms with Crippen molar-refractivity contribution in [1.82, 2.24) is 9.47 Å². The van der Waals surface area contributed by atoms with E-state index in [0.29, 0.717) is 5.78 Å². The van der Waals surface area contributed by atoms with Crippen LogP contribution in [0.1, 0.15) is 28.9 Å². The summed E-state index contributed by atoms with van der Waals surface area (Å²) in [7, 11) is 0. The second-order valence-corrected chi connectivity index (χ2v) is 6.32. The number of hydrogen-bond donors (Lipinski definition) is 0. The first-order chi connectivity index (χ1) is 8.84. The van der Waals surface area contributed by atoms with E-state index in [-0.39, 0.29) is 0 Å². The standard InChI is InChI=1S/C14H20N2OS/c17-14-3-1-2-13-12(14)4-5-16(13)7-6-15-8-10-18-11-9-15/h4-5H,1-3,6-11H2. The molecule has 3 rings (SSSR count). The normalized spacial score (nSPS) is 21.0. The monoisotopic (exact) mass is 264 g/mol. The number of nitrogens with zero attached hydrogens (tertiary/aromatic N) is 2. The summed E-state index contributed by atoms with van der Waals surface area (Å²) in [6.07, 6.45) is 4.94. The van der Waals surface area contributed by atoms with Gasteiger partial charge in [0.15, 0.2) is 5.78 Å². The molecule has 2 heterocycles. The average molecular weight is 264 g/mol. The second kappa shape index (κ2) is 5.49. The maximum Gasteiger partial charge on any atom is 0.164 e. The number of thioether (sulfide) groups is 1. The minimum atomic E-state index is 0.337. The number of hydrogen-bond acceptors (Lipinski definition) is 3. The summed E-state index contributed by atoms with van der Waals surface area (Å²) in [5, 5.41) is 0. The van der Waals surface area contributed by atoms with Crippen LogP contribution in [0.25, 0.3) is 0 Å². The van der Waals surface area contributed by atoms with Crippen molar-refractivity contribution in [1.29, 1.82) is 0 Å². The van der Waals surface area contributed by atoms with Gasteiger partial charge < -0.3 is 4.57 Å². The molecule has 0 saturated carbocycles. The third kappa shape index (κ3) is 2.50. The first-order valence-electron chi connectivity index (χ1n) is 6.86. The third-order valence-electron chi connectivity index (χ3n) is 3.96. The maximum absolute atomic E-state index is 11.8. The molecule has 0 N–H and O–H groups in total. The van der Waals surface area contributed by atoms with Crippen molar-refractivity contribution in [2.45, 2.75) is 25.8 Å². The lowest BCUT2D eigenvalue weighted by Gasteiger charge is -2.26. The van der Waals surface area contributed by atoms with Gasteiger partial charge in [-0.05, 0) is 18.9 Å². The minimum absolute atomic E-state index is 0.337. The number of aromatic nitrogens is 1. The molecule has 0 aromatic carbocycles. The predicted octanol–water partition coefficient (Wildman–Crippen LogP) is 2.06. The number of fused-ring (bicyclic) bond motifs is 1. The van der Waals surface area contributed by atoms with E-state index in [1.54, 1.807) is 0 Å². The Morgan fingerprint density at radius 3 is 2.83 bits per heavy atom. The summed E-state index contributed by atoms with van der Waals surface area (Å²) in [5.41, 5.74) is 2.26. The quantitative estimate of drug-likeness (QED) is 0.835. The highest BCUT2D eigenvalue weighted by molar-refractivity contribution is 7.99. The van der Waals surface area contributed by atoms with E-state index in [0.717, 1.165) is 37.9 Å². The van der Waals surface area contributed by atoms with Gasteiger partial charge in [0.05, 0.1) is 0 Å². The predicted molar refractivity (Wildman–Crippen MR) is 75.5 cm³/mol. The summed E-state index contributed by atoms with van der Waals surface area (Å²) >= 11 is 2.05. The van der Waals surface area contributed by atoms with Crippen LogP contribution in [0.4, 0.5) is 0 Å². The molecule has 0 atom stereocenters. The Morgan fingerprint density at radius 1 is 1.17 bits per heavy atom. The van der Waals surface area contributed by atoms with Gasteiger partial charge in [0, 0.05) is 61.6 Å². The van der Waals surface area contributed by atoms with Gasteiger partial charge in [-0.2, -0.15) is 11.8 Å². The summed E-state index contributed by atoms with van der Waals surface area (Å²) < 4.78 is 2.30. The zero-order valence-electron chi connectivity index (χ0n) is 10.7. The van der Waals surface area contributed by atoms with Crippen molar-refractivity contribution in [3.8, 4) is 0 Å². The van der Waals surface area contributed by atoms with E-state index >= 15 is 0 Å². The van der Waals surface area contributed by atoms with E-state index in [4.69, 9.17) is 0 Å². The van der Waals surface area contributed by atoms with Crippen LogP contribution in [0.3, 0.4) is 0 Å². The zero-order valence-corrected chi connectivity index (χ0v) is 11.5. The van der Waals surface area contributed by atoms with Crippen molar-refractivity contribution in [3.63, 3.8) is 0 Å². The van der Waals surface area contributed by atoms with Gasteiger partial charge in [0.1, 0.15) is 0 Å². The van der Waals surface area contributed by atoms with Crippen molar-refractivity contribution >= 4 is 17.5 Å². The number of carbonyl (C=O) groups is 1. The lowest BCUT2D eigenvalue weighted by molar-refractivity contribution is 0.0971. The van der Waals surface area contributed by atoms with Crippen molar-refractivity contribution in [3.05, 3.63) is 23.5 Å². The highest BCUT2D eigenvalue weighted by Gasteiger charge is 2.20. The fourth-order valence-corrected chi connectivity index (χ4v) is 3.85. The Bertz CT molecular complexity index is 435. The molecular formula is C14H20N2OS. The Kier molecular flexibility index (Phi) is 3.75. The molecule has 0 bridgehead atoms. The smallest absolute Gasteiger partial charge is 0.164 e. The molecule has 1 saturated heterocycles. The largest absolute Gasteiger partial charge is 0.349 e. The van der Waals surface area contributed by atoms with Gasteiger partial charge in [0.25, 0.3) is 0 Å². The van der Waals surface area contributed by atoms with Gasteiger partial charge in [-0.15, -0.1) is 0 Å². The van der Waals surface area contributed by atoms with Crippen LogP contribution >= 0.6 is 11.8 Å². The first kappa shape index (κ1) is 12.3. The van der Waals surface area contributed by atoms with Crippen LogP contribution in [0.5, 0.6) is 0 Å². The van der Waals surface area contributed by atoms with Gasteiger partial charge in [0.2, 0.25) is 0 Å². The molecule has 1 aliphatic heterocycles. The van der Waals surface area contributed by atoms with Gasteiger partial charge in [-0.1, -0.05) is 0 Å². The first-order valence-corrected chi connectivity index (χ1v) is 8.01.